The molecule has 2 N–H and O–H groups in total. The Morgan fingerprint density at radius 1 is 1.40 bits per heavy atom. The van der Waals surface area contributed by atoms with Crippen LogP contribution in [0.25, 0.3) is 0 Å². The molecule has 4 heteroatoms. The number of ketones is 1. The van der Waals surface area contributed by atoms with Gasteiger partial charge in [-0.15, -0.1) is 0 Å². The van der Waals surface area contributed by atoms with E-state index in [2.05, 4.69) is 0 Å². The van der Waals surface area contributed by atoms with Crippen molar-refractivity contribution >= 4 is 11.8 Å². The fourth-order valence-corrected chi connectivity index (χ4v) is 0.328. The molecule has 0 aliphatic rings. The Morgan fingerprint density at radius 2 is 1.90 bits per heavy atom. The van der Waals surface area contributed by atoms with Crippen molar-refractivity contribution in [2.45, 2.75) is 13.3 Å². The van der Waals surface area contributed by atoms with Crippen LogP contribution in [0, 0.1) is 0 Å². The van der Waals surface area contributed by atoms with Gasteiger partial charge in [-0.05, 0) is 13.0 Å². The molecule has 0 radical (unpaired) electrons. The van der Waals surface area contributed by atoms with Gasteiger partial charge in [0.05, 0.1) is 0 Å². The second-order valence-electron chi connectivity index (χ2n) is 1.80. The number of carbonyl (C=O) groups excluding carboxylic acids is 1. The molecule has 10 heavy (non-hydrogen) atoms. The third-order valence-corrected chi connectivity index (χ3v) is 0.802. The number of rotatable bonds is 3. The van der Waals surface area contributed by atoms with E-state index >= 15 is 0 Å². The molecule has 0 saturated carbocycles. The number of aliphatic carboxylic acids is 1. The minimum absolute atomic E-state index is 0.0435. The Balaban J connectivity index is 3.92. The van der Waals surface area contributed by atoms with Crippen molar-refractivity contribution in [1.29, 1.82) is 0 Å². The summed E-state index contributed by atoms with van der Waals surface area (Å²) >= 11 is 0. The van der Waals surface area contributed by atoms with E-state index in [0.717, 1.165) is 6.08 Å². The van der Waals surface area contributed by atoms with Gasteiger partial charge in [-0.3, -0.25) is 4.79 Å². The molecule has 0 unspecified atom stereocenters. The predicted molar refractivity (Wildman–Crippen MR) is 33.6 cm³/mol. The quantitative estimate of drug-likeness (QED) is 0.446. The molecule has 0 rings (SSSR count). The van der Waals surface area contributed by atoms with E-state index in [1.807, 2.05) is 0 Å². The van der Waals surface area contributed by atoms with Gasteiger partial charge in [-0.25, -0.2) is 4.79 Å². The first-order chi connectivity index (χ1) is 4.54. The molecule has 0 aliphatic carbocycles. The Morgan fingerprint density at radius 3 is 2.20 bits per heavy atom. The van der Waals surface area contributed by atoms with Gasteiger partial charge in [0.1, 0.15) is 5.78 Å². The van der Waals surface area contributed by atoms with Crippen molar-refractivity contribution in [2.75, 3.05) is 0 Å². The predicted octanol–water partition coefficient (Wildman–Crippen LogP) is 0.492. The van der Waals surface area contributed by atoms with E-state index in [-0.39, 0.29) is 12.2 Å². The molecule has 0 aromatic rings. The molecule has 0 aromatic heterocycles. The molecular weight excluding hydrogens is 136 g/mol. The fraction of sp³-hybridized carbons (Fsp3) is 0.333. The minimum Gasteiger partial charge on any atom is -0.502 e. The van der Waals surface area contributed by atoms with Gasteiger partial charge in [0.15, 0.2) is 5.76 Å². The van der Waals surface area contributed by atoms with Crippen molar-refractivity contribution in [3.05, 3.63) is 11.8 Å². The van der Waals surface area contributed by atoms with E-state index in [0.29, 0.717) is 0 Å². The SMILES string of the molecule is CC(=O)CC=C(O)C(=O)O. The number of aliphatic hydroxyl groups is 1. The van der Waals surface area contributed by atoms with Crippen LogP contribution < -0.4 is 0 Å². The number of Topliss-reactive ketones (excluding diaryl/α,β-unsaturated/α-hetero) is 1. The maximum atomic E-state index is 10.2. The van der Waals surface area contributed by atoms with Crippen LogP contribution in [-0.2, 0) is 9.59 Å². The number of allylic oxidation sites excluding steroid dienone is 1. The smallest absolute Gasteiger partial charge is 0.370 e. The first kappa shape index (κ1) is 8.68. The molecule has 56 valence electrons. The third-order valence-electron chi connectivity index (χ3n) is 0.802. The van der Waals surface area contributed by atoms with Crippen LogP contribution in [0.5, 0.6) is 0 Å². The van der Waals surface area contributed by atoms with Crippen LogP contribution in [0.3, 0.4) is 0 Å². The standard InChI is InChI=1S/C6H8O4/c1-4(7)2-3-5(8)6(9)10/h3,8H,2H2,1H3,(H,9,10). The van der Waals surface area contributed by atoms with Crippen LogP contribution in [0.1, 0.15) is 13.3 Å². The lowest BCUT2D eigenvalue weighted by Gasteiger charge is -1.88. The zero-order valence-corrected chi connectivity index (χ0v) is 5.50. The average Bonchev–Trinajstić information content (AvgIpc) is 1.82. The Bertz CT molecular complexity index is 180. The van der Waals surface area contributed by atoms with Crippen LogP contribution in [-0.4, -0.2) is 22.0 Å². The number of aliphatic hydroxyl groups excluding tert-OH is 1. The van der Waals surface area contributed by atoms with Crippen molar-refractivity contribution in [1.82, 2.24) is 0 Å². The highest BCUT2D eigenvalue weighted by Gasteiger charge is 2.02. The van der Waals surface area contributed by atoms with Gasteiger partial charge in [0, 0.05) is 6.42 Å². The summed E-state index contributed by atoms with van der Waals surface area (Å²) in [6, 6.07) is 0. The van der Waals surface area contributed by atoms with Crippen LogP contribution >= 0.6 is 0 Å². The molecule has 0 aliphatic heterocycles. The summed E-state index contributed by atoms with van der Waals surface area (Å²) < 4.78 is 0. The first-order valence-electron chi connectivity index (χ1n) is 2.66. The van der Waals surface area contributed by atoms with Crippen LogP contribution in [0.15, 0.2) is 11.8 Å². The molecule has 4 nitrogen and oxygen atoms in total. The topological polar surface area (TPSA) is 74.6 Å². The number of hydrogen-bond acceptors (Lipinski definition) is 3. The highest BCUT2D eigenvalue weighted by molar-refractivity contribution is 5.85. The second-order valence-corrected chi connectivity index (χ2v) is 1.80. The number of hydrogen-bond donors (Lipinski definition) is 2. The fourth-order valence-electron chi connectivity index (χ4n) is 0.328. The molecule has 0 saturated heterocycles. The van der Waals surface area contributed by atoms with Gasteiger partial charge in [-0.2, -0.15) is 0 Å². The number of carbonyl (C=O) groups is 2. The van der Waals surface area contributed by atoms with E-state index in [9.17, 15) is 9.59 Å². The van der Waals surface area contributed by atoms with Gasteiger partial charge in [-0.1, -0.05) is 0 Å². The van der Waals surface area contributed by atoms with E-state index < -0.39 is 11.7 Å². The summed E-state index contributed by atoms with van der Waals surface area (Å²) in [5, 5.41) is 16.5. The van der Waals surface area contributed by atoms with Crippen molar-refractivity contribution in [3.63, 3.8) is 0 Å². The monoisotopic (exact) mass is 144 g/mol. The Labute approximate surface area is 57.8 Å². The zero-order valence-electron chi connectivity index (χ0n) is 5.50. The van der Waals surface area contributed by atoms with E-state index in [1.165, 1.54) is 6.92 Å². The number of carboxylic acids is 1. The lowest BCUT2D eigenvalue weighted by atomic mass is 10.3. The largest absolute Gasteiger partial charge is 0.502 e. The van der Waals surface area contributed by atoms with Crippen molar-refractivity contribution in [3.8, 4) is 0 Å². The third kappa shape index (κ3) is 3.65. The summed E-state index contributed by atoms with van der Waals surface area (Å²) in [7, 11) is 0. The van der Waals surface area contributed by atoms with Crippen molar-refractivity contribution < 1.29 is 19.8 Å². The van der Waals surface area contributed by atoms with Crippen molar-refractivity contribution in [2.24, 2.45) is 0 Å². The minimum atomic E-state index is -1.42. The molecule has 0 aromatic carbocycles. The zero-order chi connectivity index (χ0) is 8.15. The van der Waals surface area contributed by atoms with Crippen LogP contribution in [0.2, 0.25) is 0 Å². The van der Waals surface area contributed by atoms with Gasteiger partial charge in [0.25, 0.3) is 0 Å². The van der Waals surface area contributed by atoms with Crippen LogP contribution in [0.4, 0.5) is 0 Å². The first-order valence-corrected chi connectivity index (χ1v) is 2.66. The molecule has 0 bridgehead atoms. The summed E-state index contributed by atoms with van der Waals surface area (Å²) in [5.41, 5.74) is 0. The molecule has 0 heterocycles. The lowest BCUT2D eigenvalue weighted by Crippen LogP contribution is -1.99. The Kier molecular flexibility index (Phi) is 3.17. The lowest BCUT2D eigenvalue weighted by molar-refractivity contribution is -0.135. The molecule has 0 spiro atoms. The maximum absolute atomic E-state index is 10.2. The number of carboxylic acid groups (broad SMARTS) is 1. The van der Waals surface area contributed by atoms with Gasteiger partial charge < -0.3 is 10.2 Å². The normalized spacial score (nSPS) is 11.1. The van der Waals surface area contributed by atoms with Gasteiger partial charge >= 0.3 is 5.97 Å². The Hall–Kier alpha value is -1.32. The second kappa shape index (κ2) is 3.66. The molecular formula is C6H8O4. The van der Waals surface area contributed by atoms with E-state index in [4.69, 9.17) is 10.2 Å². The molecule has 0 atom stereocenters. The summed E-state index contributed by atoms with van der Waals surface area (Å²) in [6.45, 7) is 1.31. The molecule has 0 amide bonds. The summed E-state index contributed by atoms with van der Waals surface area (Å²) in [5.74, 6) is -2.38. The summed E-state index contributed by atoms with van der Waals surface area (Å²) in [6.07, 6.45) is 0.919. The average molecular weight is 144 g/mol. The summed E-state index contributed by atoms with van der Waals surface area (Å²) in [4.78, 5) is 20.1. The highest BCUT2D eigenvalue weighted by atomic mass is 16.4. The highest BCUT2D eigenvalue weighted by Crippen LogP contribution is 1.91. The van der Waals surface area contributed by atoms with E-state index in [1.54, 1.807) is 0 Å². The van der Waals surface area contributed by atoms with Gasteiger partial charge in [0.2, 0.25) is 0 Å². The maximum Gasteiger partial charge on any atom is 0.370 e. The molecule has 0 fully saturated rings.